The molecule has 0 aliphatic heterocycles. The highest BCUT2D eigenvalue weighted by Gasteiger charge is 2.22. The van der Waals surface area contributed by atoms with Crippen molar-refractivity contribution >= 4 is 17.9 Å². The van der Waals surface area contributed by atoms with E-state index in [2.05, 4.69) is 135 Å². The van der Waals surface area contributed by atoms with Gasteiger partial charge in [-0.05, 0) is 109 Å². The predicted molar refractivity (Wildman–Crippen MR) is 370 cm³/mol. The number of nitrogens with zero attached hydrogens (tertiary/aromatic N) is 1. The number of ether oxygens (including phenoxy) is 4. The van der Waals surface area contributed by atoms with E-state index in [-0.39, 0.29) is 38.6 Å². The third-order valence-corrected chi connectivity index (χ3v) is 15.2. The van der Waals surface area contributed by atoms with Crippen LogP contribution in [0.2, 0.25) is 0 Å². The summed E-state index contributed by atoms with van der Waals surface area (Å²) < 4.78 is 22.8. The molecule has 0 spiro atoms. The second kappa shape index (κ2) is 67.6. The molecule has 498 valence electrons. The summed E-state index contributed by atoms with van der Waals surface area (Å²) in [6, 6.07) is 0. The molecule has 0 amide bonds. The standard InChI is InChI=1S/C78H133NO8/c1-6-8-10-12-14-16-18-20-22-24-26-28-30-32-34-36-38-40-42-44-46-48-50-52-54-56-58-60-62-64-66-68-75(80)85-72-74(73-86-78(77(82)83)84-71-70-79(3,4)5)87-76(81)69-67-65-63-61-59-57-55-53-51-49-47-45-43-41-39-37-35-33-31-29-27-25-23-21-19-17-15-13-11-9-7-2/h9,11,15,17-18,20-21,23-24,26-27,29,33,35,39,41,45,47,51,53,74,78H,6-8,10,12-14,16,19,22,25,28,30-32,34,36-38,40,42-44,46,48-50,52,54-73H2,1-5H3/b11-9-,17-15-,20-18-,23-21-,26-24-,29-27-,35-33-,41-39-,47-45-,53-51-. The zero-order valence-corrected chi connectivity index (χ0v) is 56.9. The van der Waals surface area contributed by atoms with Crippen LogP contribution in [0.1, 0.15) is 296 Å². The number of carboxylic acids is 1. The number of unbranched alkanes of at least 4 members (excludes halogenated alkanes) is 30. The van der Waals surface area contributed by atoms with Crippen molar-refractivity contribution < 1.29 is 42.9 Å². The van der Waals surface area contributed by atoms with Gasteiger partial charge in [0.25, 0.3) is 0 Å². The number of allylic oxidation sites excluding steroid dienone is 20. The summed E-state index contributed by atoms with van der Waals surface area (Å²) in [5, 5.41) is 11.8. The zero-order valence-electron chi connectivity index (χ0n) is 56.9. The van der Waals surface area contributed by atoms with Crippen LogP contribution in [-0.2, 0) is 33.3 Å². The minimum Gasteiger partial charge on any atom is -0.545 e. The van der Waals surface area contributed by atoms with Crippen molar-refractivity contribution in [2.75, 3.05) is 47.5 Å². The van der Waals surface area contributed by atoms with E-state index >= 15 is 0 Å². The third kappa shape index (κ3) is 69.0. The summed E-state index contributed by atoms with van der Waals surface area (Å²) in [6.45, 7) is 4.62. The molecule has 2 unspecified atom stereocenters. The van der Waals surface area contributed by atoms with Gasteiger partial charge in [0.2, 0.25) is 0 Å². The Morgan fingerprint density at radius 1 is 0.356 bits per heavy atom. The summed E-state index contributed by atoms with van der Waals surface area (Å²) in [7, 11) is 5.92. The van der Waals surface area contributed by atoms with Gasteiger partial charge in [-0.2, -0.15) is 0 Å². The number of esters is 2. The van der Waals surface area contributed by atoms with Gasteiger partial charge in [0.05, 0.1) is 40.3 Å². The lowest BCUT2D eigenvalue weighted by Gasteiger charge is -2.26. The van der Waals surface area contributed by atoms with Crippen LogP contribution in [0.25, 0.3) is 0 Å². The van der Waals surface area contributed by atoms with Crippen LogP contribution in [0.3, 0.4) is 0 Å². The highest BCUT2D eigenvalue weighted by molar-refractivity contribution is 5.70. The van der Waals surface area contributed by atoms with E-state index in [4.69, 9.17) is 18.9 Å². The van der Waals surface area contributed by atoms with Crippen LogP contribution in [0.4, 0.5) is 0 Å². The maximum Gasteiger partial charge on any atom is 0.306 e. The lowest BCUT2D eigenvalue weighted by molar-refractivity contribution is -0.870. The summed E-state index contributed by atoms with van der Waals surface area (Å²) in [4.78, 5) is 37.5. The number of carbonyl (C=O) groups excluding carboxylic acids is 3. The first kappa shape index (κ1) is 82.7. The molecule has 0 heterocycles. The van der Waals surface area contributed by atoms with Crippen molar-refractivity contribution in [2.24, 2.45) is 0 Å². The van der Waals surface area contributed by atoms with Crippen LogP contribution in [0.5, 0.6) is 0 Å². The first-order valence-corrected chi connectivity index (χ1v) is 35.7. The van der Waals surface area contributed by atoms with E-state index in [9.17, 15) is 19.5 Å². The van der Waals surface area contributed by atoms with Crippen LogP contribution >= 0.6 is 0 Å². The number of rotatable bonds is 65. The first-order chi connectivity index (χ1) is 42.6. The molecule has 0 aliphatic rings. The Hall–Kier alpha value is -4.31. The van der Waals surface area contributed by atoms with Crippen molar-refractivity contribution in [3.63, 3.8) is 0 Å². The van der Waals surface area contributed by atoms with E-state index < -0.39 is 24.3 Å². The number of carbonyl (C=O) groups is 3. The Bertz CT molecular complexity index is 1840. The van der Waals surface area contributed by atoms with Crippen molar-refractivity contribution in [3.05, 3.63) is 122 Å². The van der Waals surface area contributed by atoms with Gasteiger partial charge in [-0.3, -0.25) is 9.59 Å². The van der Waals surface area contributed by atoms with Gasteiger partial charge in [-0.1, -0.05) is 296 Å². The molecular weight excluding hydrogens is 1080 g/mol. The van der Waals surface area contributed by atoms with E-state index in [1.54, 1.807) is 0 Å². The minimum atomic E-state index is -1.63. The van der Waals surface area contributed by atoms with Crippen molar-refractivity contribution in [1.82, 2.24) is 0 Å². The number of quaternary nitrogens is 1. The molecule has 0 bridgehead atoms. The predicted octanol–water partition coefficient (Wildman–Crippen LogP) is 21.0. The van der Waals surface area contributed by atoms with Gasteiger partial charge in [0.15, 0.2) is 12.4 Å². The number of carboxylic acid groups (broad SMARTS) is 1. The number of hydrogen-bond donors (Lipinski definition) is 0. The Morgan fingerprint density at radius 3 is 0.977 bits per heavy atom. The molecule has 0 saturated carbocycles. The summed E-state index contributed by atoms with van der Waals surface area (Å²) in [5.74, 6) is -2.30. The average molecular weight is 1210 g/mol. The monoisotopic (exact) mass is 1210 g/mol. The second-order valence-corrected chi connectivity index (χ2v) is 24.8. The summed E-state index contributed by atoms with van der Waals surface area (Å²) >= 11 is 0. The second-order valence-electron chi connectivity index (χ2n) is 24.8. The van der Waals surface area contributed by atoms with Gasteiger partial charge in [0, 0.05) is 12.8 Å². The average Bonchev–Trinajstić information content (AvgIpc) is 3.56. The quantitative estimate of drug-likeness (QED) is 0.0195. The molecule has 0 aromatic heterocycles. The highest BCUT2D eigenvalue weighted by atomic mass is 16.7. The summed E-state index contributed by atoms with van der Waals surface area (Å²) in [6.07, 6.45) is 92.8. The van der Waals surface area contributed by atoms with Gasteiger partial charge in [-0.15, -0.1) is 0 Å². The number of aliphatic carboxylic acids is 1. The van der Waals surface area contributed by atoms with Crippen LogP contribution in [0.15, 0.2) is 122 Å². The van der Waals surface area contributed by atoms with Crippen molar-refractivity contribution in [2.45, 2.75) is 309 Å². The van der Waals surface area contributed by atoms with E-state index in [1.165, 1.54) is 148 Å². The lowest BCUT2D eigenvalue weighted by atomic mass is 10.0. The Kier molecular flexibility index (Phi) is 64.3. The fraction of sp³-hybridized carbons (Fsp3) is 0.705. The molecule has 0 rings (SSSR count). The highest BCUT2D eigenvalue weighted by Crippen LogP contribution is 2.17. The zero-order chi connectivity index (χ0) is 63.3. The fourth-order valence-corrected chi connectivity index (χ4v) is 9.76. The molecule has 0 saturated heterocycles. The van der Waals surface area contributed by atoms with Gasteiger partial charge in [-0.25, -0.2) is 0 Å². The fourth-order valence-electron chi connectivity index (χ4n) is 9.76. The maximum atomic E-state index is 12.9. The SMILES string of the molecule is CC/C=C\C/C=C\C/C=C\C/C=C\C/C=C\C/C=C\C/C=C\C/C=C\CCCCCCCCC(=O)OC(COC(=O)CCCCCCCCCCCCCCCCCCCCC/C=C\C/C=C\CCCCCCC)COC(OCC[N+](C)(C)C)C(=O)[O-]. The molecular formula is C78H133NO8. The molecule has 2 atom stereocenters. The molecule has 9 nitrogen and oxygen atoms in total. The van der Waals surface area contributed by atoms with Gasteiger partial charge >= 0.3 is 11.9 Å². The van der Waals surface area contributed by atoms with E-state index in [1.807, 2.05) is 21.1 Å². The first-order valence-electron chi connectivity index (χ1n) is 35.7. The van der Waals surface area contributed by atoms with Crippen molar-refractivity contribution in [1.29, 1.82) is 0 Å². The largest absolute Gasteiger partial charge is 0.545 e. The summed E-state index contributed by atoms with van der Waals surface area (Å²) in [5.41, 5.74) is 0. The number of likely N-dealkylation sites (N-methyl/N-ethyl adjacent to an activating group) is 1. The molecule has 0 radical (unpaired) electrons. The topological polar surface area (TPSA) is 111 Å². The minimum absolute atomic E-state index is 0.139. The molecule has 87 heavy (non-hydrogen) atoms. The Balaban J connectivity index is 4.16. The van der Waals surface area contributed by atoms with Crippen LogP contribution in [-0.4, -0.2) is 82.3 Å². The molecule has 9 heteroatoms. The van der Waals surface area contributed by atoms with E-state index in [0.29, 0.717) is 17.4 Å². The van der Waals surface area contributed by atoms with Crippen molar-refractivity contribution in [3.8, 4) is 0 Å². The Morgan fingerprint density at radius 2 is 0.655 bits per heavy atom. The molecule has 0 fully saturated rings. The number of hydrogen-bond acceptors (Lipinski definition) is 8. The maximum absolute atomic E-state index is 12.9. The smallest absolute Gasteiger partial charge is 0.306 e. The molecule has 0 aromatic rings. The van der Waals surface area contributed by atoms with Crippen LogP contribution < -0.4 is 5.11 Å². The van der Waals surface area contributed by atoms with Gasteiger partial charge in [0.1, 0.15) is 13.2 Å². The van der Waals surface area contributed by atoms with E-state index in [0.717, 1.165) is 116 Å². The molecule has 0 aliphatic carbocycles. The molecule has 0 aromatic carbocycles. The third-order valence-electron chi connectivity index (χ3n) is 15.2. The van der Waals surface area contributed by atoms with Gasteiger partial charge < -0.3 is 33.3 Å². The Labute approximate surface area is 536 Å². The molecule has 0 N–H and O–H groups in total. The van der Waals surface area contributed by atoms with Crippen LogP contribution in [0, 0.1) is 0 Å². The normalized spacial score (nSPS) is 13.4. The lowest BCUT2D eigenvalue weighted by Crippen LogP contribution is -2.44.